The van der Waals surface area contributed by atoms with Crippen LogP contribution in [0.15, 0.2) is 176 Å². The second-order valence-electron chi connectivity index (χ2n) is 13.9. The van der Waals surface area contributed by atoms with Gasteiger partial charge in [0.15, 0.2) is 0 Å². The van der Waals surface area contributed by atoms with E-state index in [1.807, 2.05) is 0 Å². The van der Waals surface area contributed by atoms with E-state index in [4.69, 9.17) is 0 Å². The molecule has 268 valence electrons. The van der Waals surface area contributed by atoms with E-state index in [9.17, 15) is 0 Å². The van der Waals surface area contributed by atoms with Crippen LogP contribution >= 0.6 is 10.1 Å². The van der Waals surface area contributed by atoms with E-state index in [2.05, 4.69) is 239 Å². The zero-order valence-electron chi connectivity index (χ0n) is 30.5. The molecule has 2 nitrogen and oxygen atoms in total. The van der Waals surface area contributed by atoms with Gasteiger partial charge in [-0.15, -0.1) is 6.67 Å². The zero-order chi connectivity index (χ0) is 36.9. The number of fused-ring (bicyclic) bond motifs is 1. The van der Waals surface area contributed by atoms with Crippen molar-refractivity contribution in [2.75, 3.05) is 4.90 Å². The van der Waals surface area contributed by atoms with Gasteiger partial charge in [-0.1, -0.05) is 163 Å². The minimum atomic E-state index is 0.0183. The summed E-state index contributed by atoms with van der Waals surface area (Å²) >= 11 is 3.66. The fraction of sp³-hybridized carbons (Fsp3) is 0.122. The van der Waals surface area contributed by atoms with Crippen molar-refractivity contribution in [1.82, 2.24) is 4.90 Å². The topological polar surface area (TPSA) is 6.48 Å². The molecule has 0 saturated carbocycles. The number of nitrogens with zero attached hydrogens (tertiary/aromatic N) is 2. The van der Waals surface area contributed by atoms with Crippen LogP contribution in [-0.2, 0) is 15.1 Å². The fourth-order valence-electron chi connectivity index (χ4n) is 8.24. The first-order valence-corrected chi connectivity index (χ1v) is 19.3. The minimum absolute atomic E-state index is 0.0183. The number of allylic oxidation sites excluding steroid dienone is 3. The number of rotatable bonds is 8. The van der Waals surface area contributed by atoms with E-state index in [1.54, 1.807) is 0 Å². The Morgan fingerprint density at radius 3 is 1.36 bits per heavy atom. The van der Waals surface area contributed by atoms with Crippen molar-refractivity contribution in [2.45, 2.75) is 39.5 Å². The Kier molecular flexibility index (Phi) is 11.2. The van der Waals surface area contributed by atoms with Crippen LogP contribution in [0.4, 0.5) is 5.69 Å². The van der Waals surface area contributed by atoms with E-state index in [-0.39, 0.29) is 11.8 Å². The first-order chi connectivity index (χ1) is 26.0. The van der Waals surface area contributed by atoms with Crippen LogP contribution in [0.25, 0.3) is 5.70 Å². The molecule has 2 aliphatic heterocycles. The summed E-state index contributed by atoms with van der Waals surface area (Å²) in [7, 11) is 4.20. The molecule has 2 aliphatic rings. The number of aryl methyl sites for hydroxylation is 4. The Hall–Kier alpha value is -5.05. The van der Waals surface area contributed by atoms with Gasteiger partial charge in [0.05, 0.1) is 0 Å². The van der Waals surface area contributed by atoms with Gasteiger partial charge in [-0.2, -0.15) is 0 Å². The van der Waals surface area contributed by atoms with Gasteiger partial charge in [0.1, 0.15) is 0 Å². The van der Waals surface area contributed by atoms with Gasteiger partial charge in [-0.05, 0) is 90.6 Å². The first kappa shape index (κ1) is 36.3. The van der Waals surface area contributed by atoms with E-state index in [0.29, 0.717) is 0 Å². The second kappa shape index (κ2) is 16.3. The van der Waals surface area contributed by atoms with Gasteiger partial charge in [-0.25, -0.2) is 0 Å². The third-order valence-electron chi connectivity index (χ3n) is 10.2. The number of hydrogen-bond donors (Lipinski definition) is 0. The summed E-state index contributed by atoms with van der Waals surface area (Å²) < 4.78 is 0. The van der Waals surface area contributed by atoms with Crippen molar-refractivity contribution in [3.05, 3.63) is 244 Å². The quantitative estimate of drug-likeness (QED) is 0.0866. The average Bonchev–Trinajstić information content (AvgIpc) is 3.62. The molecule has 0 bridgehead atoms. The van der Waals surface area contributed by atoms with E-state index in [1.165, 1.54) is 72.6 Å². The molecule has 0 atom stereocenters. The third-order valence-corrected chi connectivity index (χ3v) is 10.2. The van der Waals surface area contributed by atoms with Crippen LogP contribution in [-0.4, -0.2) is 4.90 Å². The van der Waals surface area contributed by atoms with Gasteiger partial charge in [0, 0.05) is 34.5 Å². The SMILES string of the molecule is Cc1cc(C)c(C2=CC=CC3=CN(c4c(C(c5ccccc5)c5ccccc5)cc(C)cc4C(c4ccccc4)c4ccccc4)[CH-]N32)c(C)c1.[Cl][Cu]. The fourth-order valence-corrected chi connectivity index (χ4v) is 8.24. The molecule has 6 aromatic carbocycles. The zero-order valence-corrected chi connectivity index (χ0v) is 32.2. The number of halogens is 1. The average molecular weight is 759 g/mol. The third kappa shape index (κ3) is 7.44. The summed E-state index contributed by atoms with van der Waals surface area (Å²) in [6.07, 6.45) is 8.99. The molecular formula is C49H43ClCuN2-. The molecule has 6 aromatic rings. The molecule has 0 amide bonds. The van der Waals surface area contributed by atoms with Crippen molar-refractivity contribution in [3.63, 3.8) is 0 Å². The second-order valence-corrected chi connectivity index (χ2v) is 13.9. The molecule has 4 heteroatoms. The van der Waals surface area contributed by atoms with Crippen molar-refractivity contribution < 1.29 is 15.1 Å². The molecule has 0 fully saturated rings. The number of hydrogen-bond acceptors (Lipinski definition) is 2. The molecule has 0 radical (unpaired) electrons. The standard InChI is InChI=1S/C49H43N2.ClH.Cu/c1-34-28-36(3)46(37(4)29-34)45-27-17-26-42-32-50(33-51(42)45)49-43(47(38-18-9-5-10-19-38)39-20-11-6-12-21-39)30-35(2)31-44(49)48(40-22-13-7-14-23-40)41-24-15-8-16-25-41;;/h5-33,47-48H,1-4H3;1H;/q-1;;+1/p-1. The number of anilines is 1. The summed E-state index contributed by atoms with van der Waals surface area (Å²) in [5.41, 5.74) is 17.6. The van der Waals surface area contributed by atoms with E-state index in [0.717, 1.165) is 5.70 Å². The summed E-state index contributed by atoms with van der Waals surface area (Å²) in [4.78, 5) is 4.78. The van der Waals surface area contributed by atoms with E-state index < -0.39 is 0 Å². The van der Waals surface area contributed by atoms with Crippen molar-refractivity contribution in [3.8, 4) is 0 Å². The summed E-state index contributed by atoms with van der Waals surface area (Å²) in [6.45, 7) is 11.2. The number of benzene rings is 6. The van der Waals surface area contributed by atoms with Gasteiger partial charge in [-0.3, -0.25) is 0 Å². The Morgan fingerprint density at radius 1 is 0.547 bits per heavy atom. The molecule has 8 rings (SSSR count). The molecule has 0 aromatic heterocycles. The molecule has 0 saturated heterocycles. The maximum atomic E-state index is 4.20. The van der Waals surface area contributed by atoms with Crippen LogP contribution in [0.1, 0.15) is 73.0 Å². The van der Waals surface area contributed by atoms with Gasteiger partial charge >= 0.3 is 25.2 Å². The Bertz CT molecular complexity index is 2070. The Morgan fingerprint density at radius 2 is 0.943 bits per heavy atom. The van der Waals surface area contributed by atoms with Crippen LogP contribution in [0.5, 0.6) is 0 Å². The predicted molar refractivity (Wildman–Crippen MR) is 219 cm³/mol. The van der Waals surface area contributed by atoms with Crippen LogP contribution < -0.4 is 4.90 Å². The first-order valence-electron chi connectivity index (χ1n) is 18.0. The summed E-state index contributed by atoms with van der Waals surface area (Å²) in [6, 6.07) is 53.4. The molecule has 0 aliphatic carbocycles. The van der Waals surface area contributed by atoms with Crippen LogP contribution in [0.3, 0.4) is 0 Å². The summed E-state index contributed by atoms with van der Waals surface area (Å²) in [5, 5.41) is 0. The molecule has 2 heterocycles. The van der Waals surface area contributed by atoms with Crippen LogP contribution in [0, 0.1) is 34.4 Å². The van der Waals surface area contributed by atoms with Crippen molar-refractivity contribution >= 4 is 21.5 Å². The van der Waals surface area contributed by atoms with Gasteiger partial charge in [0.2, 0.25) is 0 Å². The normalized spacial score (nSPS) is 13.5. The monoisotopic (exact) mass is 757 g/mol. The molecule has 0 spiro atoms. The molecule has 0 unspecified atom stereocenters. The Labute approximate surface area is 327 Å². The van der Waals surface area contributed by atoms with Gasteiger partial charge in [0.25, 0.3) is 0 Å². The Balaban J connectivity index is 0.00000214. The summed E-state index contributed by atoms with van der Waals surface area (Å²) in [5.74, 6) is 0.0367. The van der Waals surface area contributed by atoms with Crippen molar-refractivity contribution in [1.29, 1.82) is 0 Å². The maximum absolute atomic E-state index is 4.20. The van der Waals surface area contributed by atoms with Crippen molar-refractivity contribution in [2.24, 2.45) is 0 Å². The predicted octanol–water partition coefficient (Wildman–Crippen LogP) is 12.7. The molecule has 0 N–H and O–H groups in total. The molecular weight excluding hydrogens is 716 g/mol. The van der Waals surface area contributed by atoms with Crippen LogP contribution in [0.2, 0.25) is 0 Å². The van der Waals surface area contributed by atoms with Gasteiger partial charge < -0.3 is 9.80 Å². The molecule has 53 heavy (non-hydrogen) atoms. The van der Waals surface area contributed by atoms with E-state index >= 15 is 0 Å².